The van der Waals surface area contributed by atoms with Gasteiger partial charge in [0.05, 0.1) is 6.04 Å². The Morgan fingerprint density at radius 2 is 2.33 bits per heavy atom. The van der Waals surface area contributed by atoms with Gasteiger partial charge in [-0.05, 0) is 23.8 Å². The molecule has 0 aliphatic heterocycles. The first-order chi connectivity index (χ1) is 7.09. The largest absolute Gasteiger partial charge is 0.368 e. The van der Waals surface area contributed by atoms with Crippen molar-refractivity contribution in [3.8, 4) is 0 Å². The third-order valence-corrected chi connectivity index (χ3v) is 3.03. The molecule has 0 aliphatic carbocycles. The molecule has 0 fully saturated rings. The van der Waals surface area contributed by atoms with E-state index in [1.807, 2.05) is 17.5 Å². The minimum absolute atomic E-state index is 0.216. The van der Waals surface area contributed by atoms with Crippen molar-refractivity contribution < 1.29 is 4.79 Å². The molecule has 0 aliphatic rings. The van der Waals surface area contributed by atoms with Crippen LogP contribution >= 0.6 is 11.3 Å². The molecule has 0 aromatic carbocycles. The molecule has 4 heteroatoms. The summed E-state index contributed by atoms with van der Waals surface area (Å²) >= 11 is 1.68. The Morgan fingerprint density at radius 1 is 1.60 bits per heavy atom. The van der Waals surface area contributed by atoms with Crippen LogP contribution in [0.2, 0.25) is 0 Å². The SMILES string of the molecule is CC(C)CC(NCc1cccs1)C(N)=O. The van der Waals surface area contributed by atoms with Crippen LogP contribution in [0.15, 0.2) is 17.5 Å². The summed E-state index contributed by atoms with van der Waals surface area (Å²) in [5, 5.41) is 5.22. The third-order valence-electron chi connectivity index (χ3n) is 2.15. The number of rotatable bonds is 6. The molecule has 3 nitrogen and oxygen atoms in total. The van der Waals surface area contributed by atoms with Crippen LogP contribution in [0, 0.1) is 5.92 Å². The summed E-state index contributed by atoms with van der Waals surface area (Å²) in [5.41, 5.74) is 5.33. The molecule has 0 radical (unpaired) electrons. The monoisotopic (exact) mass is 226 g/mol. The number of nitrogens with two attached hydrogens (primary N) is 1. The maximum atomic E-state index is 11.2. The van der Waals surface area contributed by atoms with E-state index in [1.54, 1.807) is 11.3 Å². The molecule has 1 amide bonds. The van der Waals surface area contributed by atoms with Gasteiger partial charge >= 0.3 is 0 Å². The number of hydrogen-bond acceptors (Lipinski definition) is 3. The minimum atomic E-state index is -0.264. The fraction of sp³-hybridized carbons (Fsp3) is 0.545. The molecule has 1 aromatic rings. The van der Waals surface area contributed by atoms with Gasteiger partial charge in [-0.15, -0.1) is 11.3 Å². The van der Waals surface area contributed by atoms with E-state index in [9.17, 15) is 4.79 Å². The first kappa shape index (κ1) is 12.2. The normalized spacial score (nSPS) is 13.0. The molecular formula is C11H18N2OS. The maximum Gasteiger partial charge on any atom is 0.234 e. The Balaban J connectivity index is 2.41. The van der Waals surface area contributed by atoms with Gasteiger partial charge in [-0.1, -0.05) is 19.9 Å². The molecule has 0 saturated carbocycles. The first-order valence-electron chi connectivity index (χ1n) is 5.14. The van der Waals surface area contributed by atoms with Gasteiger partial charge in [0.2, 0.25) is 5.91 Å². The quantitative estimate of drug-likeness (QED) is 0.776. The summed E-state index contributed by atoms with van der Waals surface area (Å²) in [4.78, 5) is 12.4. The van der Waals surface area contributed by atoms with Crippen LogP contribution in [0.4, 0.5) is 0 Å². The van der Waals surface area contributed by atoms with Crippen molar-refractivity contribution in [3.63, 3.8) is 0 Å². The van der Waals surface area contributed by atoms with Gasteiger partial charge in [0.15, 0.2) is 0 Å². The van der Waals surface area contributed by atoms with Crippen LogP contribution in [0.5, 0.6) is 0 Å². The van der Waals surface area contributed by atoms with E-state index in [-0.39, 0.29) is 11.9 Å². The van der Waals surface area contributed by atoms with Gasteiger partial charge < -0.3 is 11.1 Å². The lowest BCUT2D eigenvalue weighted by Crippen LogP contribution is -2.41. The van der Waals surface area contributed by atoms with Gasteiger partial charge in [0.1, 0.15) is 0 Å². The van der Waals surface area contributed by atoms with Crippen molar-refractivity contribution in [1.29, 1.82) is 0 Å². The Morgan fingerprint density at radius 3 is 2.80 bits per heavy atom. The van der Waals surface area contributed by atoms with E-state index >= 15 is 0 Å². The maximum absolute atomic E-state index is 11.2. The Bertz CT molecular complexity index is 296. The summed E-state index contributed by atoms with van der Waals surface area (Å²) in [6.45, 7) is 4.89. The second kappa shape index (κ2) is 5.88. The zero-order valence-corrected chi connectivity index (χ0v) is 10.0. The van der Waals surface area contributed by atoms with Crippen LogP contribution in [0.1, 0.15) is 25.1 Å². The Kier molecular flexibility index (Phi) is 4.78. The summed E-state index contributed by atoms with van der Waals surface area (Å²) in [6, 6.07) is 3.83. The molecule has 0 bridgehead atoms. The summed E-state index contributed by atoms with van der Waals surface area (Å²) < 4.78 is 0. The Labute approximate surface area is 94.7 Å². The van der Waals surface area contributed by atoms with Crippen LogP contribution in [-0.2, 0) is 11.3 Å². The highest BCUT2D eigenvalue weighted by molar-refractivity contribution is 7.09. The molecule has 84 valence electrons. The fourth-order valence-electron chi connectivity index (χ4n) is 1.41. The average molecular weight is 226 g/mol. The van der Waals surface area contributed by atoms with E-state index in [0.29, 0.717) is 5.92 Å². The lowest BCUT2D eigenvalue weighted by molar-refractivity contribution is -0.120. The third kappa shape index (κ3) is 4.44. The predicted octanol–water partition coefficient (Wildman–Crippen LogP) is 1.74. The van der Waals surface area contributed by atoms with Gasteiger partial charge in [0.25, 0.3) is 0 Å². The summed E-state index contributed by atoms with van der Waals surface area (Å²) in [5.74, 6) is 0.207. The number of carbonyl (C=O) groups is 1. The van der Waals surface area contributed by atoms with E-state index in [1.165, 1.54) is 4.88 Å². The molecule has 3 N–H and O–H groups in total. The van der Waals surface area contributed by atoms with E-state index in [0.717, 1.165) is 13.0 Å². The van der Waals surface area contributed by atoms with E-state index < -0.39 is 0 Å². The van der Waals surface area contributed by atoms with Crippen molar-refractivity contribution in [2.75, 3.05) is 0 Å². The molecule has 1 heterocycles. The molecule has 1 rings (SSSR count). The van der Waals surface area contributed by atoms with Gasteiger partial charge in [-0.3, -0.25) is 4.79 Å². The highest BCUT2D eigenvalue weighted by Gasteiger charge is 2.15. The number of amides is 1. The van der Waals surface area contributed by atoms with Crippen molar-refractivity contribution in [2.45, 2.75) is 32.9 Å². The summed E-state index contributed by atoms with van der Waals surface area (Å²) in [7, 11) is 0. The highest BCUT2D eigenvalue weighted by atomic mass is 32.1. The molecule has 1 unspecified atom stereocenters. The number of hydrogen-bond donors (Lipinski definition) is 2. The second-order valence-electron chi connectivity index (χ2n) is 4.04. The molecular weight excluding hydrogens is 208 g/mol. The average Bonchev–Trinajstić information content (AvgIpc) is 2.63. The zero-order chi connectivity index (χ0) is 11.3. The molecule has 15 heavy (non-hydrogen) atoms. The topological polar surface area (TPSA) is 55.1 Å². The molecule has 1 atom stereocenters. The van der Waals surface area contributed by atoms with E-state index in [2.05, 4.69) is 19.2 Å². The van der Waals surface area contributed by atoms with Gasteiger partial charge in [-0.2, -0.15) is 0 Å². The fourth-order valence-corrected chi connectivity index (χ4v) is 2.06. The molecule has 0 spiro atoms. The number of nitrogens with one attached hydrogen (secondary N) is 1. The van der Waals surface area contributed by atoms with Crippen molar-refractivity contribution >= 4 is 17.2 Å². The number of thiophene rings is 1. The predicted molar refractivity (Wildman–Crippen MR) is 63.6 cm³/mol. The first-order valence-corrected chi connectivity index (χ1v) is 6.02. The second-order valence-corrected chi connectivity index (χ2v) is 5.08. The lowest BCUT2D eigenvalue weighted by Gasteiger charge is -2.16. The van der Waals surface area contributed by atoms with Crippen LogP contribution in [0.3, 0.4) is 0 Å². The van der Waals surface area contributed by atoms with E-state index in [4.69, 9.17) is 5.73 Å². The van der Waals surface area contributed by atoms with Gasteiger partial charge in [0, 0.05) is 11.4 Å². The van der Waals surface area contributed by atoms with Crippen molar-refractivity contribution in [1.82, 2.24) is 5.32 Å². The summed E-state index contributed by atoms with van der Waals surface area (Å²) in [6.07, 6.45) is 0.792. The minimum Gasteiger partial charge on any atom is -0.368 e. The number of primary amides is 1. The highest BCUT2D eigenvalue weighted by Crippen LogP contribution is 2.10. The lowest BCUT2D eigenvalue weighted by atomic mass is 10.0. The Hall–Kier alpha value is -0.870. The van der Waals surface area contributed by atoms with Crippen LogP contribution in [0.25, 0.3) is 0 Å². The van der Waals surface area contributed by atoms with Crippen LogP contribution in [-0.4, -0.2) is 11.9 Å². The van der Waals surface area contributed by atoms with Gasteiger partial charge in [-0.25, -0.2) is 0 Å². The smallest absolute Gasteiger partial charge is 0.234 e. The van der Waals surface area contributed by atoms with Crippen molar-refractivity contribution in [2.24, 2.45) is 11.7 Å². The molecule has 0 saturated heterocycles. The number of carbonyl (C=O) groups excluding carboxylic acids is 1. The standard InChI is InChI=1S/C11H18N2OS/c1-8(2)6-10(11(12)14)13-7-9-4-3-5-15-9/h3-5,8,10,13H,6-7H2,1-2H3,(H2,12,14). The molecule has 1 aromatic heterocycles. The zero-order valence-electron chi connectivity index (χ0n) is 9.19. The van der Waals surface area contributed by atoms with Crippen molar-refractivity contribution in [3.05, 3.63) is 22.4 Å². The van der Waals surface area contributed by atoms with Crippen LogP contribution < -0.4 is 11.1 Å².